The topological polar surface area (TPSA) is 153 Å². The summed E-state index contributed by atoms with van der Waals surface area (Å²) in [4.78, 5) is 42.0. The number of ether oxygens (including phenoxy) is 2. The van der Waals surface area contributed by atoms with E-state index in [1.165, 1.54) is 22.7 Å². The van der Waals surface area contributed by atoms with Gasteiger partial charge in [0, 0.05) is 54.3 Å². The Hall–Kier alpha value is -7.22. The molecular weight excluding hydrogens is 741 g/mol. The van der Waals surface area contributed by atoms with E-state index in [0.29, 0.717) is 43.8 Å². The molecule has 2 aliphatic heterocycles. The summed E-state index contributed by atoms with van der Waals surface area (Å²) in [6.07, 6.45) is 0. The SMILES string of the molecule is [C-]#[N+]C(C#N)=C1C(=Nc2cc3c(s2)-c2cc4c(cc2OC3(C)C)-c2sc(N=C3C(=O)c5ccccc5C3=C(C#N)C#N)cc2C(C)(C)O4)C(=O)c2ccccc21. The second kappa shape index (κ2) is 12.1. The average molecular weight is 765 g/mol. The lowest BCUT2D eigenvalue weighted by Gasteiger charge is -2.36. The Morgan fingerprint density at radius 3 is 1.50 bits per heavy atom. The predicted molar refractivity (Wildman–Crippen MR) is 213 cm³/mol. The molecule has 2 aliphatic carbocycles. The summed E-state index contributed by atoms with van der Waals surface area (Å²) < 4.78 is 13.3. The van der Waals surface area contributed by atoms with Gasteiger partial charge in [-0.05, 0) is 63.1 Å². The van der Waals surface area contributed by atoms with Gasteiger partial charge in [0.1, 0.15) is 61.8 Å². The van der Waals surface area contributed by atoms with Crippen molar-refractivity contribution in [3.63, 3.8) is 0 Å². The van der Waals surface area contributed by atoms with Crippen LogP contribution in [0.15, 0.2) is 94.1 Å². The number of Topliss-reactive ketones (excluding diaryl/α,β-unsaturated/α-hetero) is 2. The molecule has 3 aromatic carbocycles. The van der Waals surface area contributed by atoms with Gasteiger partial charge in [0.05, 0.1) is 12.6 Å². The smallest absolute Gasteiger partial charge is 0.271 e. The molecule has 4 heterocycles. The zero-order valence-electron chi connectivity index (χ0n) is 30.1. The van der Waals surface area contributed by atoms with Crippen LogP contribution in [0.3, 0.4) is 0 Å². The molecule has 4 aliphatic rings. The van der Waals surface area contributed by atoms with E-state index in [9.17, 15) is 25.4 Å². The van der Waals surface area contributed by atoms with Crippen LogP contribution in [0.25, 0.3) is 36.9 Å². The Labute approximate surface area is 328 Å². The Morgan fingerprint density at radius 1 is 0.643 bits per heavy atom. The van der Waals surface area contributed by atoms with Crippen molar-refractivity contribution >= 4 is 66.8 Å². The first-order chi connectivity index (χ1) is 26.9. The van der Waals surface area contributed by atoms with E-state index in [-0.39, 0.29) is 45.4 Å². The van der Waals surface area contributed by atoms with Crippen molar-refractivity contribution in [2.75, 3.05) is 0 Å². The molecule has 0 atom stereocenters. The summed E-state index contributed by atoms with van der Waals surface area (Å²) in [5, 5.41) is 30.4. The van der Waals surface area contributed by atoms with E-state index in [1.807, 2.05) is 70.2 Å². The van der Waals surface area contributed by atoms with Gasteiger partial charge in [-0.3, -0.25) is 9.59 Å². The molecule has 0 spiro atoms. The van der Waals surface area contributed by atoms with Gasteiger partial charge in [-0.25, -0.2) is 20.1 Å². The number of aliphatic imine (C=N–C) groups is 2. The molecule has 0 saturated carbocycles. The Kier molecular flexibility index (Phi) is 7.49. The minimum absolute atomic E-state index is 0.0470. The van der Waals surface area contributed by atoms with Crippen molar-refractivity contribution < 1.29 is 19.1 Å². The number of fused-ring (bicyclic) bond motifs is 8. The summed E-state index contributed by atoms with van der Waals surface area (Å²) in [6, 6.07) is 27.2. The summed E-state index contributed by atoms with van der Waals surface area (Å²) in [7, 11) is 0. The van der Waals surface area contributed by atoms with Crippen LogP contribution in [-0.4, -0.2) is 23.0 Å². The van der Waals surface area contributed by atoms with Crippen molar-refractivity contribution in [1.82, 2.24) is 0 Å². The predicted octanol–water partition coefficient (Wildman–Crippen LogP) is 10.3. The van der Waals surface area contributed by atoms with E-state index in [0.717, 1.165) is 32.0 Å². The van der Waals surface area contributed by atoms with Crippen LogP contribution in [0.1, 0.15) is 70.7 Å². The van der Waals surface area contributed by atoms with Gasteiger partial charge in [0.25, 0.3) is 5.70 Å². The number of nitriles is 3. The van der Waals surface area contributed by atoms with Gasteiger partial charge in [-0.2, -0.15) is 10.5 Å². The Morgan fingerprint density at radius 2 is 1.07 bits per heavy atom. The zero-order chi connectivity index (χ0) is 39.3. The normalized spacial score (nSPS) is 18.5. The third-order valence-electron chi connectivity index (χ3n) is 10.2. The number of hydrogen-bond acceptors (Lipinski definition) is 11. The Bertz CT molecular complexity index is 2780. The van der Waals surface area contributed by atoms with Gasteiger partial charge >= 0.3 is 0 Å². The van der Waals surface area contributed by atoms with Crippen LogP contribution in [0, 0.1) is 40.6 Å². The second-order valence-corrected chi connectivity index (χ2v) is 16.4. The molecule has 0 radical (unpaired) electrons. The molecule has 0 unspecified atom stereocenters. The molecular formula is C44H24N6O4S2. The molecule has 9 rings (SSSR count). The molecule has 10 nitrogen and oxygen atoms in total. The van der Waals surface area contributed by atoms with Gasteiger partial charge in [-0.1, -0.05) is 48.5 Å². The average Bonchev–Trinajstić information content (AvgIpc) is 3.94. The fourth-order valence-corrected chi connectivity index (χ4v) is 10.1. The van der Waals surface area contributed by atoms with Crippen LogP contribution in [0.4, 0.5) is 10.0 Å². The highest BCUT2D eigenvalue weighted by molar-refractivity contribution is 7.20. The zero-order valence-corrected chi connectivity index (χ0v) is 31.7. The van der Waals surface area contributed by atoms with Crippen LogP contribution < -0.4 is 9.47 Å². The molecule has 0 fully saturated rings. The van der Waals surface area contributed by atoms with Gasteiger partial charge in [0.2, 0.25) is 11.6 Å². The minimum Gasteiger partial charge on any atom is -0.482 e. The van der Waals surface area contributed by atoms with Gasteiger partial charge in [0.15, 0.2) is 0 Å². The number of allylic oxidation sites excluding steroid dienone is 4. The molecule has 0 bridgehead atoms. The summed E-state index contributed by atoms with van der Waals surface area (Å²) in [6.45, 7) is 15.4. The number of carbonyl (C=O) groups excluding carboxylic acids is 2. The lowest BCUT2D eigenvalue weighted by atomic mass is 9.88. The lowest BCUT2D eigenvalue weighted by Crippen LogP contribution is -2.30. The minimum atomic E-state index is -0.802. The first-order valence-electron chi connectivity index (χ1n) is 17.3. The highest BCUT2D eigenvalue weighted by atomic mass is 32.1. The third kappa shape index (κ3) is 4.95. The summed E-state index contributed by atoms with van der Waals surface area (Å²) >= 11 is 2.76. The number of carbonyl (C=O) groups is 2. The van der Waals surface area contributed by atoms with Gasteiger partial charge < -0.3 is 9.47 Å². The largest absolute Gasteiger partial charge is 0.482 e. The quantitative estimate of drug-likeness (QED) is 0.128. The molecule has 2 aromatic heterocycles. The maximum Gasteiger partial charge on any atom is 0.271 e. The van der Waals surface area contributed by atoms with Crippen LogP contribution in [0.2, 0.25) is 0 Å². The van der Waals surface area contributed by atoms with Crippen molar-refractivity contribution in [1.29, 1.82) is 15.8 Å². The van der Waals surface area contributed by atoms with Crippen LogP contribution in [0.5, 0.6) is 11.5 Å². The number of benzene rings is 3. The fraction of sp³-hybridized carbons (Fsp3) is 0.136. The number of ketones is 2. The van der Waals surface area contributed by atoms with Crippen LogP contribution >= 0.6 is 22.7 Å². The molecule has 0 saturated heterocycles. The number of nitrogens with zero attached hydrogens (tertiary/aromatic N) is 6. The summed E-state index contributed by atoms with van der Waals surface area (Å²) in [5.74, 6) is 0.524. The highest BCUT2D eigenvalue weighted by Gasteiger charge is 2.41. The first-order valence-corrected chi connectivity index (χ1v) is 18.9. The van der Waals surface area contributed by atoms with Crippen LogP contribution in [-0.2, 0) is 11.2 Å². The van der Waals surface area contributed by atoms with E-state index in [4.69, 9.17) is 26.0 Å². The monoisotopic (exact) mass is 764 g/mol. The van der Waals surface area contributed by atoms with Crippen molar-refractivity contribution in [2.45, 2.75) is 38.9 Å². The summed E-state index contributed by atoms with van der Waals surface area (Å²) in [5.41, 5.74) is 3.66. The number of hydrogen-bond donors (Lipinski definition) is 0. The standard InChI is InChI=1S/C44H24N6O4S2/c1-43(2)28-16-33(49-37-35(21(18-45)19-46)22-10-6-8-12-24(22)39(37)51)55-41(28)26-14-32-27(15-31(26)53-43)42-29(44(3,4)54-32)17-34(56-42)50-38-36(30(20-47)48-5)23-11-7-9-13-25(23)40(38)52/h6-17H,1-4H3. The molecule has 0 amide bonds. The van der Waals surface area contributed by atoms with E-state index in [2.05, 4.69) is 4.85 Å². The van der Waals surface area contributed by atoms with Crippen molar-refractivity contribution in [3.8, 4) is 50.6 Å². The second-order valence-electron chi connectivity index (χ2n) is 14.3. The van der Waals surface area contributed by atoms with Crippen molar-refractivity contribution in [3.05, 3.63) is 129 Å². The van der Waals surface area contributed by atoms with E-state index >= 15 is 0 Å². The highest BCUT2D eigenvalue weighted by Crippen LogP contribution is 2.58. The maximum atomic E-state index is 13.6. The van der Waals surface area contributed by atoms with Crippen molar-refractivity contribution in [2.24, 2.45) is 9.98 Å². The molecule has 266 valence electrons. The van der Waals surface area contributed by atoms with E-state index in [1.54, 1.807) is 48.5 Å². The fourth-order valence-electron chi connectivity index (χ4n) is 7.64. The molecule has 56 heavy (non-hydrogen) atoms. The van der Waals surface area contributed by atoms with E-state index < -0.39 is 11.2 Å². The first kappa shape index (κ1) is 34.5. The maximum absolute atomic E-state index is 13.6. The van der Waals surface area contributed by atoms with Gasteiger partial charge in [-0.15, -0.1) is 22.7 Å². The lowest BCUT2D eigenvalue weighted by molar-refractivity contribution is 0.100. The number of rotatable bonds is 2. The molecule has 12 heteroatoms. The third-order valence-corrected chi connectivity index (χ3v) is 12.3. The Balaban J connectivity index is 1.16. The molecule has 0 N–H and O–H groups in total. The number of thiophene rings is 2. The molecule has 5 aromatic rings.